The number of hydrogen-bond acceptors (Lipinski definition) is 8. The maximum atomic E-state index is 14.4. The summed E-state index contributed by atoms with van der Waals surface area (Å²) in [6, 6.07) is 15.4. The number of halogens is 2. The molecular weight excluding hydrogens is 620 g/mol. The van der Waals surface area contributed by atoms with Crippen molar-refractivity contribution in [3.8, 4) is 5.75 Å². The van der Waals surface area contributed by atoms with Gasteiger partial charge in [-0.25, -0.2) is 8.78 Å². The third-order valence-electron chi connectivity index (χ3n) is 9.21. The molecule has 248 valence electrons. The highest BCUT2D eigenvalue weighted by Crippen LogP contribution is 2.44. The first-order valence-corrected chi connectivity index (χ1v) is 15.7. The van der Waals surface area contributed by atoms with E-state index >= 15 is 0 Å². The highest BCUT2D eigenvalue weighted by molar-refractivity contribution is 6.01. The van der Waals surface area contributed by atoms with Gasteiger partial charge in [0, 0.05) is 61.3 Å². The highest BCUT2D eigenvalue weighted by Gasteiger charge is 2.50. The Morgan fingerprint density at radius 2 is 1.98 bits per heavy atom. The maximum Gasteiger partial charge on any atom is 0.257 e. The van der Waals surface area contributed by atoms with Crippen molar-refractivity contribution in [2.75, 3.05) is 13.6 Å². The molecule has 2 aromatic carbocycles. The lowest BCUT2D eigenvalue weighted by Crippen LogP contribution is -2.45. The minimum absolute atomic E-state index is 0.0351. The van der Waals surface area contributed by atoms with E-state index in [-0.39, 0.29) is 41.8 Å². The summed E-state index contributed by atoms with van der Waals surface area (Å²) >= 11 is 0. The Bertz CT molecular complexity index is 1900. The summed E-state index contributed by atoms with van der Waals surface area (Å²) in [5.41, 5.74) is 0.163. The number of oxime groups is 1. The second-order valence-corrected chi connectivity index (χ2v) is 12.3. The molecule has 0 saturated carbocycles. The summed E-state index contributed by atoms with van der Waals surface area (Å²) < 4.78 is 35.5. The standard InChI is InChI=1S/C36H35F2N5O5/c1-23-12-13-36(16-30(41-48-36)26-9-6-14-39-17-26)32(20-42(23)2)43-19-28(35(46)40-18-25-10-11-27(37)15-29(25)38)33(45)34(31(43)21-44)47-22-24-7-4-3-5-8-24/h3-11,14-15,17,19,21,23,32H,12-13,16,18,20,22H2,1-2H3,(H,40,46). The molecule has 0 bridgehead atoms. The molecule has 1 saturated heterocycles. The fourth-order valence-electron chi connectivity index (χ4n) is 6.26. The van der Waals surface area contributed by atoms with Crippen LogP contribution in [0.4, 0.5) is 8.78 Å². The molecule has 48 heavy (non-hydrogen) atoms. The Morgan fingerprint density at radius 3 is 2.71 bits per heavy atom. The van der Waals surface area contributed by atoms with Gasteiger partial charge < -0.3 is 24.4 Å². The van der Waals surface area contributed by atoms with Crippen molar-refractivity contribution in [1.29, 1.82) is 0 Å². The average molecular weight is 656 g/mol. The van der Waals surface area contributed by atoms with Crippen molar-refractivity contribution in [2.24, 2.45) is 5.16 Å². The van der Waals surface area contributed by atoms with Gasteiger partial charge in [0.15, 0.2) is 17.6 Å². The molecule has 4 heterocycles. The molecule has 6 rings (SSSR count). The van der Waals surface area contributed by atoms with Crippen molar-refractivity contribution in [1.82, 2.24) is 19.8 Å². The summed E-state index contributed by atoms with van der Waals surface area (Å²) in [5.74, 6) is -2.70. The number of hydrogen-bond donors (Lipinski definition) is 1. The van der Waals surface area contributed by atoms with Crippen LogP contribution in [0, 0.1) is 11.6 Å². The number of ether oxygens (including phenoxy) is 1. The zero-order valence-corrected chi connectivity index (χ0v) is 26.6. The van der Waals surface area contributed by atoms with E-state index in [0.717, 1.165) is 29.7 Å². The Hall–Kier alpha value is -5.23. The molecule has 12 heteroatoms. The maximum absolute atomic E-state index is 14.4. The van der Waals surface area contributed by atoms with E-state index in [1.165, 1.54) is 12.3 Å². The third kappa shape index (κ3) is 6.61. The molecule has 3 unspecified atom stereocenters. The average Bonchev–Trinajstić information content (AvgIpc) is 3.49. The van der Waals surface area contributed by atoms with Crippen molar-refractivity contribution in [3.05, 3.63) is 129 Å². The zero-order chi connectivity index (χ0) is 33.8. The van der Waals surface area contributed by atoms with Crippen LogP contribution in [0.5, 0.6) is 5.75 Å². The molecule has 1 N–H and O–H groups in total. The lowest BCUT2D eigenvalue weighted by molar-refractivity contribution is -0.0632. The van der Waals surface area contributed by atoms with Crippen LogP contribution in [-0.4, -0.2) is 57.6 Å². The highest BCUT2D eigenvalue weighted by atomic mass is 19.1. The van der Waals surface area contributed by atoms with Crippen LogP contribution in [0.15, 0.2) is 89.2 Å². The largest absolute Gasteiger partial charge is 0.483 e. The van der Waals surface area contributed by atoms with E-state index in [1.807, 2.05) is 49.5 Å². The molecule has 1 spiro atoms. The Kier molecular flexibility index (Phi) is 9.44. The first-order chi connectivity index (χ1) is 23.2. The first kappa shape index (κ1) is 32.7. The van der Waals surface area contributed by atoms with Gasteiger partial charge in [-0.2, -0.15) is 0 Å². The van der Waals surface area contributed by atoms with Crippen LogP contribution >= 0.6 is 0 Å². The second kappa shape index (κ2) is 13.9. The number of likely N-dealkylation sites (tertiary alicyclic amines) is 1. The molecule has 2 aliphatic heterocycles. The number of pyridine rings is 2. The number of aromatic nitrogens is 2. The minimum atomic E-state index is -0.946. The van der Waals surface area contributed by atoms with Crippen molar-refractivity contribution in [2.45, 2.75) is 57.0 Å². The molecule has 0 aliphatic carbocycles. The summed E-state index contributed by atoms with van der Waals surface area (Å²) in [7, 11) is 1.97. The van der Waals surface area contributed by atoms with Crippen molar-refractivity contribution < 1.29 is 27.9 Å². The summed E-state index contributed by atoms with van der Waals surface area (Å²) in [4.78, 5) is 53.2. The van der Waals surface area contributed by atoms with E-state index in [1.54, 1.807) is 17.0 Å². The molecular formula is C36H35F2N5O5. The van der Waals surface area contributed by atoms with E-state index in [0.29, 0.717) is 31.4 Å². The van der Waals surface area contributed by atoms with Crippen molar-refractivity contribution in [3.63, 3.8) is 0 Å². The van der Waals surface area contributed by atoms with Gasteiger partial charge in [-0.3, -0.25) is 19.4 Å². The summed E-state index contributed by atoms with van der Waals surface area (Å²) in [6.45, 7) is 2.14. The van der Waals surface area contributed by atoms with Crippen molar-refractivity contribution >= 4 is 17.9 Å². The van der Waals surface area contributed by atoms with Gasteiger partial charge in [-0.15, -0.1) is 0 Å². The number of nitrogens with zero attached hydrogens (tertiary/aromatic N) is 4. The number of nitrogens with one attached hydrogen (secondary N) is 1. The van der Waals surface area contributed by atoms with Crippen LogP contribution in [0.1, 0.15) is 69.8 Å². The van der Waals surface area contributed by atoms with Crippen LogP contribution in [0.25, 0.3) is 0 Å². The minimum Gasteiger partial charge on any atom is -0.483 e. The van der Waals surface area contributed by atoms with E-state index in [4.69, 9.17) is 9.57 Å². The quantitative estimate of drug-likeness (QED) is 0.251. The zero-order valence-electron chi connectivity index (χ0n) is 26.6. The summed E-state index contributed by atoms with van der Waals surface area (Å²) in [5, 5.41) is 7.05. The molecule has 4 aromatic rings. The van der Waals surface area contributed by atoms with Gasteiger partial charge in [0.1, 0.15) is 29.5 Å². The molecule has 1 amide bonds. The predicted molar refractivity (Wildman–Crippen MR) is 174 cm³/mol. The number of rotatable bonds is 9. The predicted octanol–water partition coefficient (Wildman–Crippen LogP) is 5.06. The molecule has 2 aliphatic rings. The van der Waals surface area contributed by atoms with Gasteiger partial charge in [-0.05, 0) is 50.6 Å². The lowest BCUT2D eigenvalue weighted by atomic mass is 9.83. The monoisotopic (exact) mass is 655 g/mol. The van der Waals surface area contributed by atoms with E-state index < -0.39 is 34.6 Å². The number of aldehydes is 1. The molecule has 10 nitrogen and oxygen atoms in total. The number of carbonyl (C=O) groups is 2. The Labute approximate surface area is 276 Å². The SMILES string of the molecule is CC1CCC2(CC(c3cccnc3)=NO2)C(n2cc(C(=O)NCc3ccc(F)cc3F)c(=O)c(OCc3ccccc3)c2C=O)CN1C. The van der Waals surface area contributed by atoms with E-state index in [9.17, 15) is 23.2 Å². The van der Waals surface area contributed by atoms with Crippen LogP contribution in [0.2, 0.25) is 0 Å². The fraction of sp³-hybridized carbons (Fsp3) is 0.306. The number of amides is 1. The van der Waals surface area contributed by atoms with Gasteiger partial charge in [0.05, 0.1) is 11.8 Å². The smallest absolute Gasteiger partial charge is 0.257 e. The molecule has 3 atom stereocenters. The van der Waals surface area contributed by atoms with Gasteiger partial charge in [0.25, 0.3) is 5.91 Å². The van der Waals surface area contributed by atoms with E-state index in [2.05, 4.69) is 27.3 Å². The molecule has 1 fully saturated rings. The topological polar surface area (TPSA) is 115 Å². The number of benzene rings is 2. The number of likely N-dealkylation sites (N-methyl/N-ethyl adjacent to an activating group) is 1. The normalized spacial score (nSPS) is 20.9. The molecule has 0 radical (unpaired) electrons. The van der Waals surface area contributed by atoms with Crippen LogP contribution in [-0.2, 0) is 18.0 Å². The third-order valence-corrected chi connectivity index (χ3v) is 9.21. The van der Waals surface area contributed by atoms with Gasteiger partial charge >= 0.3 is 0 Å². The van der Waals surface area contributed by atoms with Crippen LogP contribution in [0.3, 0.4) is 0 Å². The lowest BCUT2D eigenvalue weighted by Gasteiger charge is -2.37. The number of carbonyl (C=O) groups excluding carboxylic acids is 2. The van der Waals surface area contributed by atoms with Gasteiger partial charge in [-0.1, -0.05) is 41.6 Å². The Morgan fingerprint density at radius 1 is 1.17 bits per heavy atom. The summed E-state index contributed by atoms with van der Waals surface area (Å²) in [6.07, 6.45) is 6.99. The fourth-order valence-corrected chi connectivity index (χ4v) is 6.26. The van der Waals surface area contributed by atoms with Gasteiger partial charge in [0.2, 0.25) is 5.43 Å². The Balaban J connectivity index is 1.44. The first-order valence-electron chi connectivity index (χ1n) is 15.7. The molecule has 2 aromatic heterocycles. The van der Waals surface area contributed by atoms with Crippen LogP contribution < -0.4 is 15.5 Å². The second-order valence-electron chi connectivity index (χ2n) is 12.3.